The summed E-state index contributed by atoms with van der Waals surface area (Å²) < 4.78 is 5.69. The van der Waals surface area contributed by atoms with E-state index in [1.54, 1.807) is 4.90 Å². The quantitative estimate of drug-likeness (QED) is 0.740. The number of carbonyl (C=O) groups is 2. The average molecular weight is 363 g/mol. The molecule has 2 fully saturated rings. The molecule has 27 heavy (non-hydrogen) atoms. The van der Waals surface area contributed by atoms with Crippen LogP contribution in [0.25, 0.3) is 0 Å². The molecular formula is C23H25NO3. The highest BCUT2D eigenvalue weighted by molar-refractivity contribution is 5.91. The Labute approximate surface area is 160 Å². The zero-order valence-electron chi connectivity index (χ0n) is 15.6. The molecule has 1 saturated carbocycles. The predicted molar refractivity (Wildman–Crippen MR) is 103 cm³/mol. The van der Waals surface area contributed by atoms with Crippen LogP contribution >= 0.6 is 0 Å². The summed E-state index contributed by atoms with van der Waals surface area (Å²) in [5, 5.41) is 0. The number of carbonyl (C=O) groups excluding carboxylic acids is 2. The minimum Gasteiger partial charge on any atom is -0.349 e. The first-order valence-corrected chi connectivity index (χ1v) is 9.63. The fraction of sp³-hybridized carbons (Fsp3) is 0.391. The van der Waals surface area contributed by atoms with E-state index in [4.69, 9.17) is 4.74 Å². The van der Waals surface area contributed by atoms with Gasteiger partial charge in [0.05, 0.1) is 18.1 Å². The van der Waals surface area contributed by atoms with Crippen LogP contribution in [0.1, 0.15) is 30.9 Å². The van der Waals surface area contributed by atoms with E-state index < -0.39 is 11.6 Å². The van der Waals surface area contributed by atoms with Crippen molar-refractivity contribution in [1.82, 2.24) is 4.90 Å². The van der Waals surface area contributed by atoms with Crippen LogP contribution in [0.5, 0.6) is 0 Å². The first kappa shape index (κ1) is 17.9. The largest absolute Gasteiger partial charge is 0.349 e. The van der Waals surface area contributed by atoms with E-state index in [9.17, 15) is 9.59 Å². The third-order valence-corrected chi connectivity index (χ3v) is 6.00. The predicted octanol–water partition coefficient (Wildman–Crippen LogP) is 3.35. The smallest absolute Gasteiger partial charge is 0.235 e. The van der Waals surface area contributed by atoms with Crippen molar-refractivity contribution in [2.45, 2.75) is 43.9 Å². The molecule has 3 atom stereocenters. The highest BCUT2D eigenvalue weighted by atomic mass is 16.5. The van der Waals surface area contributed by atoms with E-state index in [1.165, 1.54) is 0 Å². The second-order valence-corrected chi connectivity index (χ2v) is 7.76. The van der Waals surface area contributed by atoms with Gasteiger partial charge in [-0.1, -0.05) is 60.7 Å². The summed E-state index contributed by atoms with van der Waals surface area (Å²) in [6.45, 7) is 2.42. The lowest BCUT2D eigenvalue weighted by atomic mass is 9.76. The zero-order chi connectivity index (χ0) is 18.9. The maximum absolute atomic E-state index is 13.8. The van der Waals surface area contributed by atoms with Gasteiger partial charge in [0.15, 0.2) is 12.5 Å². The van der Waals surface area contributed by atoms with Crippen molar-refractivity contribution in [3.63, 3.8) is 0 Å². The van der Waals surface area contributed by atoms with Gasteiger partial charge in [0.2, 0.25) is 5.91 Å². The number of amides is 1. The zero-order valence-corrected chi connectivity index (χ0v) is 15.6. The summed E-state index contributed by atoms with van der Waals surface area (Å²) in [5.74, 6) is 0.324. The summed E-state index contributed by atoms with van der Waals surface area (Å²) in [7, 11) is 0. The molecule has 3 unspecified atom stereocenters. The molecule has 1 heterocycles. The normalized spacial score (nSPS) is 24.4. The van der Waals surface area contributed by atoms with Gasteiger partial charge < -0.3 is 9.64 Å². The molecule has 1 aliphatic carbocycles. The minimum atomic E-state index is -0.798. The summed E-state index contributed by atoms with van der Waals surface area (Å²) in [6.07, 6.45) is 2.73. The average Bonchev–Trinajstić information content (AvgIpc) is 3.50. The van der Waals surface area contributed by atoms with Crippen molar-refractivity contribution in [3.05, 3.63) is 71.8 Å². The van der Waals surface area contributed by atoms with E-state index in [0.29, 0.717) is 18.9 Å². The fourth-order valence-corrected chi connectivity index (χ4v) is 4.25. The molecule has 0 N–H and O–H groups in total. The SMILES string of the molecule is CC(C(=O)N1C(Cc2ccccc2)COC1C=O)(c1ccccc1)C1CC1. The first-order valence-electron chi connectivity index (χ1n) is 9.63. The van der Waals surface area contributed by atoms with Crippen LogP contribution in [0.15, 0.2) is 60.7 Å². The number of hydrogen-bond donors (Lipinski definition) is 0. The van der Waals surface area contributed by atoms with Crippen molar-refractivity contribution in [2.24, 2.45) is 5.92 Å². The van der Waals surface area contributed by atoms with E-state index in [2.05, 4.69) is 0 Å². The van der Waals surface area contributed by atoms with Crippen LogP contribution in [0.2, 0.25) is 0 Å². The minimum absolute atomic E-state index is 0.00623. The van der Waals surface area contributed by atoms with Crippen LogP contribution in [-0.2, 0) is 26.2 Å². The highest BCUT2D eigenvalue weighted by Crippen LogP contribution is 2.49. The van der Waals surface area contributed by atoms with E-state index >= 15 is 0 Å². The third kappa shape index (κ3) is 3.30. The molecule has 0 bridgehead atoms. The number of hydrogen-bond acceptors (Lipinski definition) is 3. The Bertz CT molecular complexity index is 803. The Morgan fingerprint density at radius 1 is 1.11 bits per heavy atom. The Balaban J connectivity index is 1.66. The van der Waals surface area contributed by atoms with Gasteiger partial charge in [0.1, 0.15) is 0 Å². The van der Waals surface area contributed by atoms with E-state index in [1.807, 2.05) is 67.6 Å². The maximum Gasteiger partial charge on any atom is 0.235 e. The number of aldehydes is 1. The molecule has 4 nitrogen and oxygen atoms in total. The van der Waals surface area contributed by atoms with Crippen molar-refractivity contribution in [1.29, 1.82) is 0 Å². The maximum atomic E-state index is 13.8. The molecule has 140 valence electrons. The Morgan fingerprint density at radius 2 is 1.74 bits per heavy atom. The second-order valence-electron chi connectivity index (χ2n) is 7.76. The van der Waals surface area contributed by atoms with Gasteiger partial charge in [-0.2, -0.15) is 0 Å². The molecule has 0 aromatic heterocycles. The van der Waals surface area contributed by atoms with E-state index in [0.717, 1.165) is 30.3 Å². The van der Waals surface area contributed by atoms with Crippen molar-refractivity contribution < 1.29 is 14.3 Å². The molecule has 0 radical (unpaired) electrons. The molecule has 4 heteroatoms. The lowest BCUT2D eigenvalue weighted by Crippen LogP contribution is -2.53. The van der Waals surface area contributed by atoms with Gasteiger partial charge in [-0.05, 0) is 43.2 Å². The lowest BCUT2D eigenvalue weighted by Gasteiger charge is -2.37. The highest BCUT2D eigenvalue weighted by Gasteiger charge is 2.53. The molecular weight excluding hydrogens is 338 g/mol. The molecule has 0 spiro atoms. The van der Waals surface area contributed by atoms with Gasteiger partial charge in [0.25, 0.3) is 0 Å². The topological polar surface area (TPSA) is 46.6 Å². The molecule has 2 aromatic rings. The number of benzene rings is 2. The molecule has 1 saturated heterocycles. The van der Waals surface area contributed by atoms with Crippen LogP contribution in [0, 0.1) is 5.92 Å². The Kier molecular flexibility index (Phi) is 4.83. The first-order chi connectivity index (χ1) is 13.1. The standard InChI is InChI=1S/C23H25NO3/c1-23(19-12-13-19,18-10-6-3-7-11-18)22(26)24-20(16-27-21(24)15-25)14-17-8-4-2-5-9-17/h2-11,15,19-21H,12-14,16H2,1H3. The lowest BCUT2D eigenvalue weighted by molar-refractivity contribution is -0.147. The fourth-order valence-electron chi connectivity index (χ4n) is 4.25. The van der Waals surface area contributed by atoms with Crippen molar-refractivity contribution >= 4 is 12.2 Å². The monoisotopic (exact) mass is 363 g/mol. The summed E-state index contributed by atoms with van der Waals surface area (Å²) in [4.78, 5) is 27.2. The van der Waals surface area contributed by atoms with Crippen LogP contribution in [-0.4, -0.2) is 36.0 Å². The van der Waals surface area contributed by atoms with Gasteiger partial charge in [0, 0.05) is 0 Å². The summed E-state index contributed by atoms with van der Waals surface area (Å²) in [6, 6.07) is 19.9. The van der Waals surface area contributed by atoms with Gasteiger partial charge in [-0.25, -0.2) is 0 Å². The number of rotatable bonds is 6. The van der Waals surface area contributed by atoms with Gasteiger partial charge in [-0.15, -0.1) is 0 Å². The van der Waals surface area contributed by atoms with Gasteiger partial charge in [-0.3, -0.25) is 9.59 Å². The van der Waals surface area contributed by atoms with Crippen molar-refractivity contribution in [2.75, 3.05) is 6.61 Å². The summed E-state index contributed by atoms with van der Waals surface area (Å²) >= 11 is 0. The van der Waals surface area contributed by atoms with Crippen LogP contribution in [0.4, 0.5) is 0 Å². The summed E-state index contributed by atoms with van der Waals surface area (Å²) in [5.41, 5.74) is 1.54. The van der Waals surface area contributed by atoms with E-state index in [-0.39, 0.29) is 11.9 Å². The molecule has 1 aliphatic heterocycles. The van der Waals surface area contributed by atoms with Crippen LogP contribution in [0.3, 0.4) is 0 Å². The van der Waals surface area contributed by atoms with Gasteiger partial charge >= 0.3 is 0 Å². The molecule has 2 aliphatic rings. The Morgan fingerprint density at radius 3 is 2.33 bits per heavy atom. The van der Waals surface area contributed by atoms with Crippen LogP contribution < -0.4 is 0 Å². The van der Waals surface area contributed by atoms with Crippen molar-refractivity contribution in [3.8, 4) is 0 Å². The molecule has 1 amide bonds. The molecule has 4 rings (SSSR count). The Hall–Kier alpha value is -2.46. The number of nitrogens with zero attached hydrogens (tertiary/aromatic N) is 1. The second kappa shape index (κ2) is 7.28. The molecule has 2 aromatic carbocycles. The third-order valence-electron chi connectivity index (χ3n) is 6.00. The number of ether oxygens (including phenoxy) is 1.